The summed E-state index contributed by atoms with van der Waals surface area (Å²) in [6.45, 7) is 0.898. The standard InChI is InChI=1S/C11H15BrOS/c12-10-7-14-8-11(10)13-6-9-4-2-1-3-5-9/h7-9H,1-6H2. The second kappa shape index (κ2) is 5.17. The van der Waals surface area contributed by atoms with Gasteiger partial charge in [0.05, 0.1) is 11.1 Å². The number of thiophene rings is 1. The fraction of sp³-hybridized carbons (Fsp3) is 0.636. The van der Waals surface area contributed by atoms with E-state index in [1.165, 1.54) is 32.1 Å². The van der Waals surface area contributed by atoms with Crippen molar-refractivity contribution in [2.75, 3.05) is 6.61 Å². The highest BCUT2D eigenvalue weighted by atomic mass is 79.9. The van der Waals surface area contributed by atoms with Gasteiger partial charge in [0.2, 0.25) is 0 Å². The zero-order valence-electron chi connectivity index (χ0n) is 8.17. The van der Waals surface area contributed by atoms with Crippen LogP contribution >= 0.6 is 27.3 Å². The Balaban J connectivity index is 1.79. The Hall–Kier alpha value is -0.0200. The second-order valence-corrected chi connectivity index (χ2v) is 5.50. The lowest BCUT2D eigenvalue weighted by Gasteiger charge is -2.21. The Kier molecular flexibility index (Phi) is 3.88. The molecule has 78 valence electrons. The molecule has 1 aliphatic rings. The Labute approximate surface area is 97.6 Å². The van der Waals surface area contributed by atoms with E-state index in [0.29, 0.717) is 0 Å². The minimum Gasteiger partial charge on any atom is -0.491 e. The van der Waals surface area contributed by atoms with E-state index < -0.39 is 0 Å². The summed E-state index contributed by atoms with van der Waals surface area (Å²) < 4.78 is 6.88. The first-order valence-corrected chi connectivity index (χ1v) is 6.94. The van der Waals surface area contributed by atoms with E-state index in [9.17, 15) is 0 Å². The molecule has 1 nitrogen and oxygen atoms in total. The molecule has 0 bridgehead atoms. The molecule has 1 fully saturated rings. The van der Waals surface area contributed by atoms with Crippen LogP contribution in [-0.2, 0) is 0 Å². The number of hydrogen-bond acceptors (Lipinski definition) is 2. The average molecular weight is 275 g/mol. The first-order chi connectivity index (χ1) is 6.86. The molecule has 0 atom stereocenters. The van der Waals surface area contributed by atoms with Crippen LogP contribution in [0, 0.1) is 5.92 Å². The van der Waals surface area contributed by atoms with E-state index in [2.05, 4.69) is 26.7 Å². The van der Waals surface area contributed by atoms with Crippen LogP contribution in [0.25, 0.3) is 0 Å². The molecule has 0 saturated heterocycles. The molecule has 0 N–H and O–H groups in total. The summed E-state index contributed by atoms with van der Waals surface area (Å²) in [7, 11) is 0. The highest BCUT2D eigenvalue weighted by molar-refractivity contribution is 9.10. The van der Waals surface area contributed by atoms with Gasteiger partial charge >= 0.3 is 0 Å². The molecule has 0 aliphatic heterocycles. The number of rotatable bonds is 3. The van der Waals surface area contributed by atoms with Crippen molar-refractivity contribution in [3.8, 4) is 5.75 Å². The van der Waals surface area contributed by atoms with E-state index in [4.69, 9.17) is 4.74 Å². The van der Waals surface area contributed by atoms with Gasteiger partial charge in [-0.25, -0.2) is 0 Å². The zero-order chi connectivity index (χ0) is 9.80. The Bertz CT molecular complexity index is 279. The van der Waals surface area contributed by atoms with Gasteiger partial charge in [0.25, 0.3) is 0 Å². The van der Waals surface area contributed by atoms with E-state index >= 15 is 0 Å². The molecule has 1 aliphatic carbocycles. The van der Waals surface area contributed by atoms with E-state index in [-0.39, 0.29) is 0 Å². The number of halogens is 1. The van der Waals surface area contributed by atoms with Crippen LogP contribution in [0.3, 0.4) is 0 Å². The van der Waals surface area contributed by atoms with E-state index in [1.807, 2.05) is 0 Å². The quantitative estimate of drug-likeness (QED) is 0.790. The fourth-order valence-electron chi connectivity index (χ4n) is 1.93. The molecule has 14 heavy (non-hydrogen) atoms. The predicted octanol–water partition coefficient (Wildman–Crippen LogP) is 4.47. The average Bonchev–Trinajstić information content (AvgIpc) is 2.63. The third-order valence-electron chi connectivity index (χ3n) is 2.78. The molecular weight excluding hydrogens is 260 g/mol. The highest BCUT2D eigenvalue weighted by Gasteiger charge is 2.14. The molecule has 3 heteroatoms. The van der Waals surface area contributed by atoms with Gasteiger partial charge in [-0.1, -0.05) is 19.3 Å². The van der Waals surface area contributed by atoms with Gasteiger partial charge in [-0.05, 0) is 34.7 Å². The van der Waals surface area contributed by atoms with E-state index in [0.717, 1.165) is 22.7 Å². The van der Waals surface area contributed by atoms with Crippen molar-refractivity contribution in [3.05, 3.63) is 15.2 Å². The van der Waals surface area contributed by atoms with Gasteiger partial charge < -0.3 is 4.74 Å². The summed E-state index contributed by atoms with van der Waals surface area (Å²) in [6, 6.07) is 0. The lowest BCUT2D eigenvalue weighted by atomic mass is 9.90. The normalized spacial score (nSPS) is 18.4. The molecule has 0 radical (unpaired) electrons. The van der Waals surface area contributed by atoms with E-state index in [1.54, 1.807) is 11.3 Å². The third-order valence-corrected chi connectivity index (χ3v) is 4.43. The van der Waals surface area contributed by atoms with Gasteiger partial charge in [0.1, 0.15) is 5.75 Å². The van der Waals surface area contributed by atoms with Crippen LogP contribution in [0.5, 0.6) is 5.75 Å². The maximum atomic E-state index is 5.78. The summed E-state index contributed by atoms with van der Waals surface area (Å²) in [5.74, 6) is 1.80. The van der Waals surface area contributed by atoms with Crippen LogP contribution < -0.4 is 4.74 Å². The zero-order valence-corrected chi connectivity index (χ0v) is 10.6. The fourth-order valence-corrected chi connectivity index (χ4v) is 3.26. The minimum absolute atomic E-state index is 0.788. The topological polar surface area (TPSA) is 9.23 Å². The smallest absolute Gasteiger partial charge is 0.144 e. The summed E-state index contributed by atoms with van der Waals surface area (Å²) in [4.78, 5) is 0. The molecule has 0 unspecified atom stereocenters. The molecule has 1 aromatic rings. The van der Waals surface area contributed by atoms with Gasteiger partial charge in [-0.15, -0.1) is 11.3 Å². The number of hydrogen-bond donors (Lipinski definition) is 0. The van der Waals surface area contributed by atoms with Crippen molar-refractivity contribution < 1.29 is 4.74 Å². The second-order valence-electron chi connectivity index (χ2n) is 3.90. The molecule has 0 spiro atoms. The SMILES string of the molecule is Brc1cscc1OCC1CCCCC1. The van der Waals surface area contributed by atoms with Gasteiger partial charge in [-0.2, -0.15) is 0 Å². The van der Waals surface area contributed by atoms with Crippen LogP contribution in [0.2, 0.25) is 0 Å². The molecule has 1 saturated carbocycles. The van der Waals surface area contributed by atoms with Crippen LogP contribution in [0.15, 0.2) is 15.2 Å². The third kappa shape index (κ3) is 2.74. The first kappa shape index (κ1) is 10.5. The maximum absolute atomic E-state index is 5.78. The van der Waals surface area contributed by atoms with Crippen molar-refractivity contribution in [2.24, 2.45) is 5.92 Å². The van der Waals surface area contributed by atoms with Crippen molar-refractivity contribution >= 4 is 27.3 Å². The molecular formula is C11H15BrOS. The van der Waals surface area contributed by atoms with Gasteiger partial charge in [0.15, 0.2) is 0 Å². The molecule has 1 aromatic heterocycles. The maximum Gasteiger partial charge on any atom is 0.144 e. The molecule has 0 aromatic carbocycles. The first-order valence-electron chi connectivity index (χ1n) is 5.21. The largest absolute Gasteiger partial charge is 0.491 e. The van der Waals surface area contributed by atoms with Gasteiger partial charge in [0, 0.05) is 10.8 Å². The molecule has 0 amide bonds. The van der Waals surface area contributed by atoms with Gasteiger partial charge in [-0.3, -0.25) is 0 Å². The lowest BCUT2D eigenvalue weighted by Crippen LogP contribution is -2.15. The van der Waals surface area contributed by atoms with Crippen LogP contribution in [0.4, 0.5) is 0 Å². The Morgan fingerprint density at radius 3 is 2.71 bits per heavy atom. The summed E-state index contributed by atoms with van der Waals surface area (Å²) >= 11 is 5.16. The predicted molar refractivity (Wildman–Crippen MR) is 64.1 cm³/mol. The summed E-state index contributed by atoms with van der Waals surface area (Å²) in [6.07, 6.45) is 6.89. The van der Waals surface area contributed by atoms with Crippen molar-refractivity contribution in [2.45, 2.75) is 32.1 Å². The molecule has 1 heterocycles. The van der Waals surface area contributed by atoms with Crippen molar-refractivity contribution in [1.29, 1.82) is 0 Å². The van der Waals surface area contributed by atoms with Crippen LogP contribution in [-0.4, -0.2) is 6.61 Å². The Morgan fingerprint density at radius 2 is 2.07 bits per heavy atom. The molecule has 2 rings (SSSR count). The van der Waals surface area contributed by atoms with Crippen LogP contribution in [0.1, 0.15) is 32.1 Å². The van der Waals surface area contributed by atoms with Crippen molar-refractivity contribution in [1.82, 2.24) is 0 Å². The lowest BCUT2D eigenvalue weighted by molar-refractivity contribution is 0.208. The number of ether oxygens (including phenoxy) is 1. The Morgan fingerprint density at radius 1 is 1.29 bits per heavy atom. The minimum atomic E-state index is 0.788. The van der Waals surface area contributed by atoms with Crippen molar-refractivity contribution in [3.63, 3.8) is 0 Å². The monoisotopic (exact) mass is 274 g/mol. The highest BCUT2D eigenvalue weighted by Crippen LogP contribution is 2.30. The summed E-state index contributed by atoms with van der Waals surface area (Å²) in [5, 5.41) is 4.13. The summed E-state index contributed by atoms with van der Waals surface area (Å²) in [5.41, 5.74) is 0.